The van der Waals surface area contributed by atoms with Crippen LogP contribution in [0.1, 0.15) is 25.7 Å². The van der Waals surface area contributed by atoms with Crippen LogP contribution in [0.25, 0.3) is 0 Å². The molecule has 2 saturated heterocycles. The van der Waals surface area contributed by atoms with Crippen LogP contribution in [0.5, 0.6) is 0 Å². The molecule has 0 aromatic rings. The first kappa shape index (κ1) is 12.4. The third-order valence-corrected chi connectivity index (χ3v) is 4.49. The smallest absolute Gasteiger partial charge is 0.322 e. The number of hydrogen-bond acceptors (Lipinski definition) is 4. The standard InChI is InChI=1S/C12H18N4O3/c13-6-11(3-4-11)9(18)16-5-1-2-12(7-16)8(17)14-10(19)15-12/h1-7,13H2,(H2,14,15,17,19). The second-order valence-corrected chi connectivity index (χ2v) is 5.81. The minimum Gasteiger partial charge on any atom is -0.339 e. The first-order chi connectivity index (χ1) is 9.01. The Morgan fingerprint density at radius 3 is 2.58 bits per heavy atom. The minimum atomic E-state index is -0.935. The molecular weight excluding hydrogens is 248 g/mol. The SMILES string of the molecule is NCC1(C(=O)N2CCCC3(C2)NC(=O)NC3=O)CC1. The molecule has 1 unspecified atom stereocenters. The Balaban J connectivity index is 1.77. The summed E-state index contributed by atoms with van der Waals surface area (Å²) in [6.45, 7) is 1.24. The van der Waals surface area contributed by atoms with Gasteiger partial charge in [0.2, 0.25) is 5.91 Å². The van der Waals surface area contributed by atoms with Crippen LogP contribution < -0.4 is 16.4 Å². The second-order valence-electron chi connectivity index (χ2n) is 5.81. The molecule has 2 heterocycles. The lowest BCUT2D eigenvalue weighted by Gasteiger charge is -2.39. The predicted molar refractivity (Wildman–Crippen MR) is 65.9 cm³/mol. The number of carbonyl (C=O) groups is 3. The van der Waals surface area contributed by atoms with Gasteiger partial charge >= 0.3 is 6.03 Å². The zero-order chi connectivity index (χ0) is 13.7. The fraction of sp³-hybridized carbons (Fsp3) is 0.750. The topological polar surface area (TPSA) is 105 Å². The van der Waals surface area contributed by atoms with Crippen molar-refractivity contribution >= 4 is 17.8 Å². The number of nitrogens with zero attached hydrogens (tertiary/aromatic N) is 1. The first-order valence-electron chi connectivity index (χ1n) is 6.64. The van der Waals surface area contributed by atoms with Gasteiger partial charge in [-0.15, -0.1) is 0 Å². The van der Waals surface area contributed by atoms with Crippen LogP contribution in [0.2, 0.25) is 0 Å². The Kier molecular flexibility index (Phi) is 2.57. The van der Waals surface area contributed by atoms with Crippen molar-refractivity contribution in [2.24, 2.45) is 11.1 Å². The largest absolute Gasteiger partial charge is 0.339 e. The maximum atomic E-state index is 12.4. The number of imide groups is 1. The van der Waals surface area contributed by atoms with Gasteiger partial charge in [-0.1, -0.05) is 0 Å². The van der Waals surface area contributed by atoms with Crippen LogP contribution >= 0.6 is 0 Å². The molecule has 1 aliphatic carbocycles. The summed E-state index contributed by atoms with van der Waals surface area (Å²) in [6.07, 6.45) is 2.93. The lowest BCUT2D eigenvalue weighted by atomic mass is 9.88. The summed E-state index contributed by atoms with van der Waals surface area (Å²) < 4.78 is 0. The van der Waals surface area contributed by atoms with E-state index in [0.29, 0.717) is 25.9 Å². The normalized spacial score (nSPS) is 32.2. The highest BCUT2D eigenvalue weighted by molar-refractivity contribution is 6.07. The third-order valence-electron chi connectivity index (χ3n) is 4.49. The number of carbonyl (C=O) groups excluding carboxylic acids is 3. The molecular formula is C12H18N4O3. The van der Waals surface area contributed by atoms with Crippen molar-refractivity contribution in [1.82, 2.24) is 15.5 Å². The highest BCUT2D eigenvalue weighted by atomic mass is 16.2. The molecule has 3 fully saturated rings. The number of hydrogen-bond donors (Lipinski definition) is 3. The lowest BCUT2D eigenvalue weighted by Crippen LogP contribution is -2.60. The summed E-state index contributed by atoms with van der Waals surface area (Å²) in [5, 5.41) is 4.92. The number of piperidine rings is 1. The van der Waals surface area contributed by atoms with Crippen molar-refractivity contribution in [2.45, 2.75) is 31.2 Å². The second kappa shape index (κ2) is 3.93. The molecule has 0 bridgehead atoms. The van der Waals surface area contributed by atoms with E-state index in [1.807, 2.05) is 0 Å². The van der Waals surface area contributed by atoms with E-state index < -0.39 is 17.0 Å². The van der Waals surface area contributed by atoms with Crippen molar-refractivity contribution in [3.63, 3.8) is 0 Å². The van der Waals surface area contributed by atoms with E-state index in [4.69, 9.17) is 5.73 Å². The van der Waals surface area contributed by atoms with Gasteiger partial charge in [0.1, 0.15) is 5.54 Å². The molecule has 4 N–H and O–H groups in total. The molecule has 4 amide bonds. The van der Waals surface area contributed by atoms with Crippen molar-refractivity contribution in [1.29, 1.82) is 0 Å². The van der Waals surface area contributed by atoms with Crippen molar-refractivity contribution in [2.75, 3.05) is 19.6 Å². The maximum Gasteiger partial charge on any atom is 0.322 e. The van der Waals surface area contributed by atoms with E-state index in [9.17, 15) is 14.4 Å². The molecule has 3 rings (SSSR count). The average Bonchev–Trinajstić information content (AvgIpc) is 3.14. The Morgan fingerprint density at radius 1 is 1.32 bits per heavy atom. The van der Waals surface area contributed by atoms with Crippen molar-refractivity contribution in [3.8, 4) is 0 Å². The Bertz CT molecular complexity index is 460. The molecule has 0 radical (unpaired) electrons. The van der Waals surface area contributed by atoms with E-state index in [1.165, 1.54) is 0 Å². The highest BCUT2D eigenvalue weighted by Gasteiger charge is 2.55. The van der Waals surface area contributed by atoms with Crippen LogP contribution in [0, 0.1) is 5.41 Å². The number of likely N-dealkylation sites (tertiary alicyclic amines) is 1. The molecule has 1 saturated carbocycles. The molecule has 1 spiro atoms. The average molecular weight is 266 g/mol. The molecule has 3 aliphatic rings. The minimum absolute atomic E-state index is 0.0306. The number of urea groups is 1. The van der Waals surface area contributed by atoms with Gasteiger partial charge in [-0.25, -0.2) is 4.79 Å². The monoisotopic (exact) mass is 266 g/mol. The van der Waals surface area contributed by atoms with Crippen molar-refractivity contribution < 1.29 is 14.4 Å². The van der Waals surface area contributed by atoms with Gasteiger partial charge in [-0.05, 0) is 25.7 Å². The van der Waals surface area contributed by atoms with Crippen LogP contribution in [0.3, 0.4) is 0 Å². The van der Waals surface area contributed by atoms with Crippen LogP contribution in [0.4, 0.5) is 4.79 Å². The van der Waals surface area contributed by atoms with Gasteiger partial charge in [-0.3, -0.25) is 14.9 Å². The van der Waals surface area contributed by atoms with Crippen LogP contribution in [-0.4, -0.2) is 47.9 Å². The fourth-order valence-corrected chi connectivity index (χ4v) is 3.04. The van der Waals surface area contributed by atoms with Gasteiger partial charge in [0.15, 0.2) is 0 Å². The summed E-state index contributed by atoms with van der Waals surface area (Å²) in [5.74, 6) is -0.296. The Morgan fingerprint density at radius 2 is 2.05 bits per heavy atom. The Hall–Kier alpha value is -1.63. The summed E-state index contributed by atoms with van der Waals surface area (Å²) in [6, 6.07) is -0.473. The summed E-state index contributed by atoms with van der Waals surface area (Å²) >= 11 is 0. The van der Waals surface area contributed by atoms with Crippen LogP contribution in [-0.2, 0) is 9.59 Å². The van der Waals surface area contributed by atoms with Crippen molar-refractivity contribution in [3.05, 3.63) is 0 Å². The fourth-order valence-electron chi connectivity index (χ4n) is 3.04. The molecule has 19 heavy (non-hydrogen) atoms. The number of nitrogens with one attached hydrogen (secondary N) is 2. The highest BCUT2D eigenvalue weighted by Crippen LogP contribution is 2.46. The summed E-state index contributed by atoms with van der Waals surface area (Å²) in [5.41, 5.74) is 4.33. The Labute approximate surface area is 110 Å². The first-order valence-corrected chi connectivity index (χ1v) is 6.64. The van der Waals surface area contributed by atoms with E-state index in [0.717, 1.165) is 12.8 Å². The lowest BCUT2D eigenvalue weighted by molar-refractivity contribution is -0.140. The zero-order valence-corrected chi connectivity index (χ0v) is 10.7. The molecule has 0 aromatic carbocycles. The summed E-state index contributed by atoms with van der Waals surface area (Å²) in [4.78, 5) is 37.3. The van der Waals surface area contributed by atoms with Gasteiger partial charge in [0.25, 0.3) is 5.91 Å². The molecule has 1 atom stereocenters. The zero-order valence-electron chi connectivity index (χ0n) is 10.7. The third kappa shape index (κ3) is 1.80. The molecule has 2 aliphatic heterocycles. The summed E-state index contributed by atoms with van der Waals surface area (Å²) in [7, 11) is 0. The van der Waals surface area contributed by atoms with Crippen LogP contribution in [0.15, 0.2) is 0 Å². The maximum absolute atomic E-state index is 12.4. The molecule has 104 valence electrons. The number of amides is 4. The van der Waals surface area contributed by atoms with E-state index in [1.54, 1.807) is 4.90 Å². The van der Waals surface area contributed by atoms with E-state index in [2.05, 4.69) is 10.6 Å². The van der Waals surface area contributed by atoms with Gasteiger partial charge < -0.3 is 16.0 Å². The quantitative estimate of drug-likeness (QED) is 0.553. The van der Waals surface area contributed by atoms with Gasteiger partial charge in [-0.2, -0.15) is 0 Å². The molecule has 7 nitrogen and oxygen atoms in total. The molecule has 0 aromatic heterocycles. The molecule has 7 heteroatoms. The van der Waals surface area contributed by atoms with Gasteiger partial charge in [0, 0.05) is 13.1 Å². The van der Waals surface area contributed by atoms with E-state index in [-0.39, 0.29) is 18.4 Å². The number of rotatable bonds is 2. The number of nitrogens with two attached hydrogens (primary N) is 1. The van der Waals surface area contributed by atoms with Gasteiger partial charge in [0.05, 0.1) is 12.0 Å². The predicted octanol–water partition coefficient (Wildman–Crippen LogP) is -1.07. The van der Waals surface area contributed by atoms with E-state index >= 15 is 0 Å².